The quantitative estimate of drug-likeness (QED) is 0.463. The lowest BCUT2D eigenvalue weighted by Crippen LogP contribution is -2.27. The van der Waals surface area contributed by atoms with Gasteiger partial charge >= 0.3 is 0 Å². The van der Waals surface area contributed by atoms with Crippen molar-refractivity contribution in [3.63, 3.8) is 0 Å². The van der Waals surface area contributed by atoms with Crippen molar-refractivity contribution in [1.82, 2.24) is 0 Å². The molecule has 0 aliphatic rings. The third-order valence-electron chi connectivity index (χ3n) is 0.804. The van der Waals surface area contributed by atoms with Crippen molar-refractivity contribution in [1.29, 1.82) is 0 Å². The van der Waals surface area contributed by atoms with Gasteiger partial charge in [-0.2, -0.15) is 0 Å². The van der Waals surface area contributed by atoms with Gasteiger partial charge < -0.3 is 19.0 Å². The molecule has 0 aliphatic carbocycles. The van der Waals surface area contributed by atoms with E-state index in [9.17, 15) is 13.6 Å². The van der Waals surface area contributed by atoms with E-state index < -0.39 is 17.3 Å². The highest BCUT2D eigenvalue weighted by molar-refractivity contribution is 7.74. The van der Waals surface area contributed by atoms with Crippen LogP contribution in [0.2, 0.25) is 0 Å². The average molecular weight is 282 g/mol. The summed E-state index contributed by atoms with van der Waals surface area (Å²) in [5, 5.41) is 0. The maximum atomic E-state index is 9.82. The van der Waals surface area contributed by atoms with Crippen LogP contribution in [0, 0.1) is 0 Å². The molecule has 0 bridgehead atoms. The average Bonchev–Trinajstić information content (AvgIpc) is 2.12. The number of carbonyl (C=O) groups is 1. The Bertz CT molecular complexity index is 244. The van der Waals surface area contributed by atoms with Crippen LogP contribution in [0.5, 0.6) is 0 Å². The molecule has 0 spiro atoms. The van der Waals surface area contributed by atoms with Gasteiger partial charge in [0, 0.05) is 5.57 Å². The Morgan fingerprint density at radius 1 is 1.39 bits per heavy atom. The van der Waals surface area contributed by atoms with Gasteiger partial charge in [0.25, 0.3) is 0 Å². The number of nitrogens with zero attached hydrogens (tertiary/aromatic N) is 1. The fraction of sp³-hybridized carbons (Fsp3) is 0.727. The third-order valence-corrected chi connectivity index (χ3v) is 1.16. The molecule has 1 amide bonds. The van der Waals surface area contributed by atoms with Gasteiger partial charge in [0.05, 0.1) is 46.2 Å². The molecule has 7 heteroatoms. The molecule has 110 valence electrons. The lowest BCUT2D eigenvalue weighted by atomic mass is 10.3. The molecule has 1 unspecified atom stereocenters. The van der Waals surface area contributed by atoms with Crippen LogP contribution < -0.4 is 5.73 Å². The second kappa shape index (κ2) is 12.7. The number of rotatable bonds is 4. The number of hydrogen-bond donors (Lipinski definition) is 1. The van der Waals surface area contributed by atoms with Crippen molar-refractivity contribution in [2.24, 2.45) is 5.73 Å². The van der Waals surface area contributed by atoms with Gasteiger partial charge in [0.2, 0.25) is 5.91 Å². The van der Waals surface area contributed by atoms with Gasteiger partial charge in [-0.1, -0.05) is 13.5 Å². The summed E-state index contributed by atoms with van der Waals surface area (Å²) >= 11 is -2.32. The zero-order chi connectivity index (χ0) is 15.4. The first-order chi connectivity index (χ1) is 7.91. The highest BCUT2D eigenvalue weighted by atomic mass is 32.2. The monoisotopic (exact) mass is 282 g/mol. The number of carbonyl (C=O) groups excluding carboxylic acids is 1. The Labute approximate surface area is 113 Å². The fourth-order valence-corrected chi connectivity index (χ4v) is 0.454. The molecule has 2 N–H and O–H groups in total. The zero-order valence-electron chi connectivity index (χ0n) is 12.2. The van der Waals surface area contributed by atoms with Crippen molar-refractivity contribution in [3.05, 3.63) is 12.2 Å². The van der Waals surface area contributed by atoms with Crippen LogP contribution in [-0.4, -0.2) is 53.9 Å². The van der Waals surface area contributed by atoms with Crippen LogP contribution in [0.25, 0.3) is 0 Å². The van der Waals surface area contributed by atoms with Gasteiger partial charge in [-0.15, -0.1) is 0 Å². The van der Waals surface area contributed by atoms with Crippen LogP contribution in [0.1, 0.15) is 20.3 Å². The molecular formula is C11H26N2O4S. The molecule has 0 aromatic rings. The summed E-state index contributed by atoms with van der Waals surface area (Å²) in [5.74, 6) is -0.435. The molecule has 0 aromatic heterocycles. The number of nitrogens with two attached hydrogens (primary N) is 1. The van der Waals surface area contributed by atoms with Crippen molar-refractivity contribution in [2.45, 2.75) is 20.3 Å². The molecule has 0 heterocycles. The van der Waals surface area contributed by atoms with Crippen LogP contribution in [0.4, 0.5) is 0 Å². The summed E-state index contributed by atoms with van der Waals surface area (Å²) in [6.07, 6.45) is 0.730. The number of primary amides is 1. The van der Waals surface area contributed by atoms with Crippen LogP contribution in [-0.2, 0) is 20.3 Å². The number of quaternary nitrogens is 1. The van der Waals surface area contributed by atoms with Gasteiger partial charge in [-0.3, -0.25) is 4.79 Å². The summed E-state index contributed by atoms with van der Waals surface area (Å²) in [6, 6.07) is 0. The standard InChI is InChI=1S/C4H7NO.C4H12N.C3H8O3S/c1-3(2)4(5)6;1-5(2,3)4;1-2-3-6-7(4)5/h1H2,2H3,(H2,5,6);1-4H3;2-3H2,1H3,(H,4,5)/q;+1;/p-1. The lowest BCUT2D eigenvalue weighted by Gasteiger charge is -2.14. The molecule has 18 heavy (non-hydrogen) atoms. The van der Waals surface area contributed by atoms with Crippen molar-refractivity contribution >= 4 is 17.3 Å². The van der Waals surface area contributed by atoms with Crippen molar-refractivity contribution < 1.29 is 22.2 Å². The molecule has 0 radical (unpaired) electrons. The predicted octanol–water partition coefficient (Wildman–Crippen LogP) is 0.577. The first-order valence-corrected chi connectivity index (χ1v) is 6.38. The molecule has 0 aliphatic heterocycles. The van der Waals surface area contributed by atoms with Crippen molar-refractivity contribution in [3.8, 4) is 0 Å². The second-order valence-electron chi connectivity index (χ2n) is 4.85. The van der Waals surface area contributed by atoms with E-state index in [2.05, 4.69) is 39.0 Å². The van der Waals surface area contributed by atoms with E-state index in [0.717, 1.165) is 10.9 Å². The molecule has 0 rings (SSSR count). The van der Waals surface area contributed by atoms with E-state index >= 15 is 0 Å². The minimum Gasteiger partial charge on any atom is -0.750 e. The Morgan fingerprint density at radius 3 is 1.72 bits per heavy atom. The van der Waals surface area contributed by atoms with Crippen molar-refractivity contribution in [2.75, 3.05) is 34.8 Å². The van der Waals surface area contributed by atoms with Crippen LogP contribution in [0.15, 0.2) is 12.2 Å². The minimum absolute atomic E-state index is 0.288. The first-order valence-electron chi connectivity index (χ1n) is 5.38. The topological polar surface area (TPSA) is 92.5 Å². The van der Waals surface area contributed by atoms with Gasteiger partial charge in [-0.05, 0) is 13.3 Å². The van der Waals surface area contributed by atoms with E-state index in [-0.39, 0.29) is 6.61 Å². The molecular weight excluding hydrogens is 256 g/mol. The molecule has 0 fully saturated rings. The highest BCUT2D eigenvalue weighted by Crippen LogP contribution is 1.80. The maximum Gasteiger partial charge on any atom is 0.243 e. The molecule has 1 atom stereocenters. The molecule has 0 saturated heterocycles. The molecule has 0 saturated carbocycles. The lowest BCUT2D eigenvalue weighted by molar-refractivity contribution is -0.849. The van der Waals surface area contributed by atoms with Gasteiger partial charge in [0.1, 0.15) is 0 Å². The van der Waals surface area contributed by atoms with E-state index in [1.807, 2.05) is 6.92 Å². The summed E-state index contributed by atoms with van der Waals surface area (Å²) in [6.45, 7) is 6.98. The van der Waals surface area contributed by atoms with E-state index in [0.29, 0.717) is 5.57 Å². The molecule has 0 aromatic carbocycles. The summed E-state index contributed by atoms with van der Waals surface area (Å²) < 4.78 is 24.2. The summed E-state index contributed by atoms with van der Waals surface area (Å²) in [7, 11) is 8.50. The Balaban J connectivity index is -0.000000190. The largest absolute Gasteiger partial charge is 0.750 e. The van der Waals surface area contributed by atoms with Crippen LogP contribution in [0.3, 0.4) is 0 Å². The maximum absolute atomic E-state index is 9.82. The van der Waals surface area contributed by atoms with Crippen LogP contribution >= 0.6 is 0 Å². The zero-order valence-corrected chi connectivity index (χ0v) is 13.0. The summed E-state index contributed by atoms with van der Waals surface area (Å²) in [4.78, 5) is 9.82. The minimum atomic E-state index is -2.32. The smallest absolute Gasteiger partial charge is 0.243 e. The van der Waals surface area contributed by atoms with E-state index in [1.54, 1.807) is 6.92 Å². The first kappa shape index (κ1) is 22.4. The Morgan fingerprint density at radius 2 is 1.67 bits per heavy atom. The summed E-state index contributed by atoms with van der Waals surface area (Å²) in [5.41, 5.74) is 5.09. The van der Waals surface area contributed by atoms with Gasteiger partial charge in [0.15, 0.2) is 0 Å². The SMILES string of the molecule is C=C(C)C(N)=O.CCCOS(=O)[O-].C[N+](C)(C)C. The normalized spacial score (nSPS) is 11.3. The highest BCUT2D eigenvalue weighted by Gasteiger charge is 1.88. The third kappa shape index (κ3) is 59.0. The predicted molar refractivity (Wildman–Crippen MR) is 73.1 cm³/mol. The second-order valence-corrected chi connectivity index (χ2v) is 5.50. The fourth-order valence-electron chi connectivity index (χ4n) is 0.151. The van der Waals surface area contributed by atoms with Gasteiger partial charge in [-0.25, -0.2) is 4.21 Å². The Kier molecular flexibility index (Phi) is 15.8. The van der Waals surface area contributed by atoms with E-state index in [4.69, 9.17) is 5.73 Å². The number of amides is 1. The van der Waals surface area contributed by atoms with E-state index in [1.165, 1.54) is 0 Å². The Hall–Kier alpha value is -0.760. The number of hydrogen-bond acceptors (Lipinski definition) is 4. The molecule has 6 nitrogen and oxygen atoms in total.